The molecule has 0 N–H and O–H groups in total. The van der Waals surface area contributed by atoms with E-state index in [1.54, 1.807) is 11.9 Å². The van der Waals surface area contributed by atoms with Gasteiger partial charge in [0, 0.05) is 33.2 Å². The molecule has 6 heteroatoms. The molecule has 2 amide bonds. The molecule has 6 nitrogen and oxygen atoms in total. The first-order chi connectivity index (χ1) is 11.1. The topological polar surface area (TPSA) is 53.1 Å². The fourth-order valence-electron chi connectivity index (χ4n) is 3.10. The lowest BCUT2D eigenvalue weighted by atomic mass is 10.1. The average Bonchev–Trinajstić information content (AvgIpc) is 2.59. The van der Waals surface area contributed by atoms with Crippen molar-refractivity contribution in [1.29, 1.82) is 0 Å². The smallest absolute Gasteiger partial charge is 0.268 e. The molecule has 1 unspecified atom stereocenters. The Bertz CT molecular complexity index is 597. The molecule has 2 aliphatic rings. The molecule has 1 fully saturated rings. The van der Waals surface area contributed by atoms with Crippen LogP contribution in [-0.2, 0) is 9.59 Å². The van der Waals surface area contributed by atoms with E-state index in [1.165, 1.54) is 0 Å². The molecule has 0 bridgehead atoms. The van der Waals surface area contributed by atoms with E-state index in [0.29, 0.717) is 5.75 Å². The van der Waals surface area contributed by atoms with Gasteiger partial charge < -0.3 is 19.4 Å². The maximum atomic E-state index is 12.5. The summed E-state index contributed by atoms with van der Waals surface area (Å²) in [5, 5.41) is 0. The number of carbonyl (C=O) groups excluding carboxylic acids is 2. The fraction of sp³-hybridized carbons (Fsp3) is 0.529. The van der Waals surface area contributed by atoms with Gasteiger partial charge in [-0.1, -0.05) is 19.1 Å². The second-order valence-electron chi connectivity index (χ2n) is 5.99. The maximum absolute atomic E-state index is 12.5. The van der Waals surface area contributed by atoms with Crippen LogP contribution in [0.4, 0.5) is 5.69 Å². The number of ether oxygens (including phenoxy) is 1. The van der Waals surface area contributed by atoms with Crippen molar-refractivity contribution < 1.29 is 14.3 Å². The summed E-state index contributed by atoms with van der Waals surface area (Å²) in [6, 6.07) is 7.40. The van der Waals surface area contributed by atoms with Crippen LogP contribution in [0, 0.1) is 0 Å². The highest BCUT2D eigenvalue weighted by Crippen LogP contribution is 2.33. The first-order valence-electron chi connectivity index (χ1n) is 8.13. The first kappa shape index (κ1) is 15.8. The van der Waals surface area contributed by atoms with Crippen molar-refractivity contribution in [2.24, 2.45) is 0 Å². The van der Waals surface area contributed by atoms with E-state index >= 15 is 0 Å². The van der Waals surface area contributed by atoms with Crippen LogP contribution in [0.15, 0.2) is 24.3 Å². The van der Waals surface area contributed by atoms with Gasteiger partial charge in [0.15, 0.2) is 6.10 Å². The van der Waals surface area contributed by atoms with Crippen molar-refractivity contribution in [2.45, 2.75) is 19.4 Å². The Morgan fingerprint density at radius 1 is 1.22 bits per heavy atom. The van der Waals surface area contributed by atoms with E-state index < -0.39 is 6.10 Å². The van der Waals surface area contributed by atoms with Gasteiger partial charge in [-0.05, 0) is 18.7 Å². The highest BCUT2D eigenvalue weighted by Gasteiger charge is 2.35. The molecule has 0 radical (unpaired) electrons. The predicted molar refractivity (Wildman–Crippen MR) is 87.6 cm³/mol. The van der Waals surface area contributed by atoms with Gasteiger partial charge in [-0.2, -0.15) is 0 Å². The van der Waals surface area contributed by atoms with E-state index in [-0.39, 0.29) is 18.2 Å². The Morgan fingerprint density at radius 3 is 2.61 bits per heavy atom. The minimum Gasteiger partial charge on any atom is -0.478 e. The molecule has 2 aliphatic heterocycles. The van der Waals surface area contributed by atoms with Crippen molar-refractivity contribution >= 4 is 17.5 Å². The normalized spacial score (nSPS) is 21.8. The summed E-state index contributed by atoms with van der Waals surface area (Å²) in [6.45, 7) is 6.36. The number of para-hydroxylation sites is 2. The van der Waals surface area contributed by atoms with E-state index in [2.05, 4.69) is 11.8 Å². The Hall–Kier alpha value is -2.08. The molecule has 2 heterocycles. The fourth-order valence-corrected chi connectivity index (χ4v) is 3.10. The standard InChI is InChI=1S/C17H23N3O3/c1-3-19-8-10-20(11-9-19)16(21)12-15-17(22)18(2)13-6-4-5-7-14(13)23-15/h4-7,15H,3,8-12H2,1-2H3. The molecular formula is C17H23N3O3. The molecule has 3 rings (SSSR count). The lowest BCUT2D eigenvalue weighted by Crippen LogP contribution is -2.51. The number of benzene rings is 1. The SMILES string of the molecule is CCN1CCN(C(=O)CC2Oc3ccccc3N(C)C2=O)CC1. The van der Waals surface area contributed by atoms with Crippen LogP contribution >= 0.6 is 0 Å². The van der Waals surface area contributed by atoms with Crippen molar-refractivity contribution in [3.8, 4) is 5.75 Å². The van der Waals surface area contributed by atoms with Crippen molar-refractivity contribution in [1.82, 2.24) is 9.80 Å². The van der Waals surface area contributed by atoms with Gasteiger partial charge in [-0.25, -0.2) is 0 Å². The number of hydrogen-bond donors (Lipinski definition) is 0. The minimum atomic E-state index is -0.730. The summed E-state index contributed by atoms with van der Waals surface area (Å²) in [7, 11) is 1.72. The molecule has 1 saturated heterocycles. The number of amides is 2. The number of hydrogen-bond acceptors (Lipinski definition) is 4. The average molecular weight is 317 g/mol. The zero-order valence-corrected chi connectivity index (χ0v) is 13.7. The zero-order valence-electron chi connectivity index (χ0n) is 13.7. The summed E-state index contributed by atoms with van der Waals surface area (Å²) < 4.78 is 5.77. The summed E-state index contributed by atoms with van der Waals surface area (Å²) in [6.07, 6.45) is -0.629. The van der Waals surface area contributed by atoms with Gasteiger partial charge >= 0.3 is 0 Å². The van der Waals surface area contributed by atoms with Crippen molar-refractivity contribution in [3.63, 3.8) is 0 Å². The number of fused-ring (bicyclic) bond motifs is 1. The highest BCUT2D eigenvalue weighted by atomic mass is 16.5. The van der Waals surface area contributed by atoms with Gasteiger partial charge in [-0.3, -0.25) is 9.59 Å². The summed E-state index contributed by atoms with van der Waals surface area (Å²) in [5.74, 6) is 0.485. The first-order valence-corrected chi connectivity index (χ1v) is 8.13. The van der Waals surface area contributed by atoms with E-state index in [0.717, 1.165) is 38.4 Å². The number of nitrogens with zero attached hydrogens (tertiary/aromatic N) is 3. The summed E-state index contributed by atoms with van der Waals surface area (Å²) in [5.41, 5.74) is 0.748. The van der Waals surface area contributed by atoms with Crippen LogP contribution in [0.1, 0.15) is 13.3 Å². The number of likely N-dealkylation sites (N-methyl/N-ethyl adjacent to an activating group) is 2. The molecule has 1 aromatic rings. The van der Waals surface area contributed by atoms with Crippen LogP contribution in [0.5, 0.6) is 5.75 Å². The molecule has 124 valence electrons. The van der Waals surface area contributed by atoms with Crippen molar-refractivity contribution in [2.75, 3.05) is 44.7 Å². The molecular weight excluding hydrogens is 294 g/mol. The maximum Gasteiger partial charge on any atom is 0.268 e. The Labute approximate surface area is 136 Å². The number of anilines is 1. The second kappa shape index (κ2) is 6.58. The lowest BCUT2D eigenvalue weighted by molar-refractivity contribution is -0.139. The van der Waals surface area contributed by atoms with Crippen LogP contribution < -0.4 is 9.64 Å². The number of rotatable bonds is 3. The second-order valence-corrected chi connectivity index (χ2v) is 5.99. The summed E-state index contributed by atoms with van der Waals surface area (Å²) in [4.78, 5) is 30.6. The van der Waals surface area contributed by atoms with E-state index in [9.17, 15) is 9.59 Å². The number of carbonyl (C=O) groups is 2. The van der Waals surface area contributed by atoms with Crippen LogP contribution in [0.25, 0.3) is 0 Å². The quantitative estimate of drug-likeness (QED) is 0.833. The Balaban J connectivity index is 1.64. The molecule has 1 atom stereocenters. The van der Waals surface area contributed by atoms with Crippen molar-refractivity contribution in [3.05, 3.63) is 24.3 Å². The van der Waals surface area contributed by atoms with E-state index in [1.807, 2.05) is 29.2 Å². The van der Waals surface area contributed by atoms with Crippen LogP contribution in [0.3, 0.4) is 0 Å². The van der Waals surface area contributed by atoms with Gasteiger partial charge in [0.1, 0.15) is 5.75 Å². The monoisotopic (exact) mass is 317 g/mol. The lowest BCUT2D eigenvalue weighted by Gasteiger charge is -2.36. The Kier molecular flexibility index (Phi) is 4.52. The minimum absolute atomic E-state index is 0.00751. The molecule has 0 aromatic heterocycles. The largest absolute Gasteiger partial charge is 0.478 e. The van der Waals surface area contributed by atoms with Gasteiger partial charge in [0.2, 0.25) is 5.91 Å². The van der Waals surface area contributed by atoms with Gasteiger partial charge in [0.25, 0.3) is 5.91 Å². The molecule has 23 heavy (non-hydrogen) atoms. The van der Waals surface area contributed by atoms with Gasteiger partial charge in [-0.15, -0.1) is 0 Å². The summed E-state index contributed by atoms with van der Waals surface area (Å²) >= 11 is 0. The predicted octanol–water partition coefficient (Wildman–Crippen LogP) is 0.965. The number of piperazine rings is 1. The van der Waals surface area contributed by atoms with Gasteiger partial charge in [0.05, 0.1) is 12.1 Å². The molecule has 1 aromatic carbocycles. The van der Waals surface area contributed by atoms with Crippen LogP contribution in [0.2, 0.25) is 0 Å². The Morgan fingerprint density at radius 2 is 1.91 bits per heavy atom. The third kappa shape index (κ3) is 3.17. The third-order valence-corrected chi connectivity index (χ3v) is 4.63. The molecule has 0 aliphatic carbocycles. The van der Waals surface area contributed by atoms with Crippen LogP contribution in [-0.4, -0.2) is 67.5 Å². The zero-order chi connectivity index (χ0) is 16.4. The third-order valence-electron chi connectivity index (χ3n) is 4.63. The van der Waals surface area contributed by atoms with E-state index in [4.69, 9.17) is 4.74 Å². The highest BCUT2D eigenvalue weighted by molar-refractivity contribution is 6.01. The molecule has 0 spiro atoms. The molecule has 0 saturated carbocycles.